The molecule has 2 rings (SSSR count). The summed E-state index contributed by atoms with van der Waals surface area (Å²) in [5, 5.41) is 6.92. The molecule has 0 atom stereocenters. The zero-order valence-electron chi connectivity index (χ0n) is 13.2. The quantitative estimate of drug-likeness (QED) is 0.856. The van der Waals surface area contributed by atoms with Crippen LogP contribution >= 0.6 is 22.7 Å². The Bertz CT molecular complexity index is 641. The van der Waals surface area contributed by atoms with Crippen molar-refractivity contribution in [1.82, 2.24) is 4.98 Å². The van der Waals surface area contributed by atoms with Crippen molar-refractivity contribution >= 4 is 33.6 Å². The molecule has 3 nitrogen and oxygen atoms in total. The number of aromatic nitrogens is 1. The van der Waals surface area contributed by atoms with Crippen molar-refractivity contribution in [3.05, 3.63) is 32.1 Å². The Morgan fingerprint density at radius 1 is 1.38 bits per heavy atom. The summed E-state index contributed by atoms with van der Waals surface area (Å²) < 4.78 is 0. The standard InChI is InChI=1S/C16H22N2OS2/c1-6-12-10(4)20-8-13(12)15(19)18-16-14(7-9(2)3)17-11(5)21-16/h8-9H,6-7H2,1-5H3,(H,18,19). The minimum atomic E-state index is -0.00939. The van der Waals surface area contributed by atoms with Crippen molar-refractivity contribution in [1.29, 1.82) is 0 Å². The maximum Gasteiger partial charge on any atom is 0.257 e. The first kappa shape index (κ1) is 16.2. The molecule has 0 aliphatic heterocycles. The molecule has 0 aliphatic rings. The van der Waals surface area contributed by atoms with E-state index in [0.29, 0.717) is 5.92 Å². The Hall–Kier alpha value is -1.20. The first-order valence-electron chi connectivity index (χ1n) is 7.27. The minimum absolute atomic E-state index is 0.00939. The second-order valence-electron chi connectivity index (χ2n) is 5.60. The molecule has 1 amide bonds. The van der Waals surface area contributed by atoms with Crippen LogP contribution in [0.4, 0.5) is 5.00 Å². The number of rotatable bonds is 5. The molecule has 0 aromatic carbocycles. The van der Waals surface area contributed by atoms with Gasteiger partial charge >= 0.3 is 0 Å². The second kappa shape index (κ2) is 6.71. The van der Waals surface area contributed by atoms with Crippen molar-refractivity contribution < 1.29 is 4.79 Å². The summed E-state index contributed by atoms with van der Waals surface area (Å²) in [6, 6.07) is 0. The van der Waals surface area contributed by atoms with Crippen LogP contribution in [0.3, 0.4) is 0 Å². The molecular weight excluding hydrogens is 300 g/mol. The Morgan fingerprint density at radius 3 is 2.71 bits per heavy atom. The van der Waals surface area contributed by atoms with Crippen molar-refractivity contribution in [2.75, 3.05) is 5.32 Å². The summed E-state index contributed by atoms with van der Waals surface area (Å²) in [5.41, 5.74) is 2.97. The van der Waals surface area contributed by atoms with Gasteiger partial charge in [-0.05, 0) is 38.2 Å². The Morgan fingerprint density at radius 2 is 2.10 bits per heavy atom. The highest BCUT2D eigenvalue weighted by atomic mass is 32.1. The average Bonchev–Trinajstić information content (AvgIpc) is 2.92. The van der Waals surface area contributed by atoms with Gasteiger partial charge < -0.3 is 5.32 Å². The van der Waals surface area contributed by atoms with Crippen LogP contribution < -0.4 is 5.32 Å². The predicted molar refractivity (Wildman–Crippen MR) is 91.8 cm³/mol. The maximum absolute atomic E-state index is 12.5. The molecule has 5 heteroatoms. The topological polar surface area (TPSA) is 42.0 Å². The van der Waals surface area contributed by atoms with E-state index in [1.165, 1.54) is 4.88 Å². The molecule has 0 spiro atoms. The first-order valence-corrected chi connectivity index (χ1v) is 8.96. The van der Waals surface area contributed by atoms with E-state index in [2.05, 4.69) is 38.0 Å². The molecule has 0 fully saturated rings. The van der Waals surface area contributed by atoms with Crippen LogP contribution in [-0.2, 0) is 12.8 Å². The summed E-state index contributed by atoms with van der Waals surface area (Å²) in [6.07, 6.45) is 1.78. The van der Waals surface area contributed by atoms with Gasteiger partial charge in [0.25, 0.3) is 5.91 Å². The zero-order chi connectivity index (χ0) is 15.6. The summed E-state index contributed by atoms with van der Waals surface area (Å²) in [6.45, 7) is 10.5. The fourth-order valence-electron chi connectivity index (χ4n) is 2.37. The van der Waals surface area contributed by atoms with Crippen LogP contribution in [-0.4, -0.2) is 10.9 Å². The summed E-state index contributed by atoms with van der Waals surface area (Å²) >= 11 is 3.20. The predicted octanol–water partition coefficient (Wildman–Crippen LogP) is 4.83. The largest absolute Gasteiger partial charge is 0.312 e. The van der Waals surface area contributed by atoms with E-state index in [1.807, 2.05) is 12.3 Å². The number of aryl methyl sites for hydroxylation is 2. The van der Waals surface area contributed by atoms with Gasteiger partial charge in [-0.2, -0.15) is 0 Å². The number of nitrogens with zero attached hydrogens (tertiary/aromatic N) is 1. The van der Waals surface area contributed by atoms with E-state index in [1.54, 1.807) is 22.7 Å². The lowest BCUT2D eigenvalue weighted by atomic mass is 10.1. The van der Waals surface area contributed by atoms with Gasteiger partial charge in [0.1, 0.15) is 5.00 Å². The van der Waals surface area contributed by atoms with Crippen molar-refractivity contribution in [2.45, 2.75) is 47.5 Å². The third-order valence-electron chi connectivity index (χ3n) is 3.33. The molecule has 0 saturated heterocycles. The Balaban J connectivity index is 2.23. The highest BCUT2D eigenvalue weighted by Gasteiger charge is 2.18. The highest BCUT2D eigenvalue weighted by Crippen LogP contribution is 2.28. The number of hydrogen-bond donors (Lipinski definition) is 1. The Labute approximate surface area is 134 Å². The van der Waals surface area contributed by atoms with E-state index in [-0.39, 0.29) is 5.91 Å². The molecule has 0 unspecified atom stereocenters. The molecule has 2 aromatic rings. The number of hydrogen-bond acceptors (Lipinski definition) is 4. The summed E-state index contributed by atoms with van der Waals surface area (Å²) in [7, 11) is 0. The number of anilines is 1. The fourth-order valence-corrected chi connectivity index (χ4v) is 4.15. The van der Waals surface area contributed by atoms with E-state index >= 15 is 0 Å². The molecule has 1 N–H and O–H groups in total. The van der Waals surface area contributed by atoms with Crippen LogP contribution in [0.5, 0.6) is 0 Å². The third kappa shape index (κ3) is 3.71. The lowest BCUT2D eigenvalue weighted by molar-refractivity contribution is 0.102. The molecule has 21 heavy (non-hydrogen) atoms. The molecule has 0 radical (unpaired) electrons. The lowest BCUT2D eigenvalue weighted by Crippen LogP contribution is -2.13. The number of carbonyl (C=O) groups is 1. The van der Waals surface area contributed by atoms with Crippen LogP contribution in [0.2, 0.25) is 0 Å². The normalized spacial score (nSPS) is 11.1. The van der Waals surface area contributed by atoms with Gasteiger partial charge in [-0.25, -0.2) is 4.98 Å². The molecule has 2 aromatic heterocycles. The molecular formula is C16H22N2OS2. The van der Waals surface area contributed by atoms with Gasteiger partial charge in [-0.3, -0.25) is 4.79 Å². The minimum Gasteiger partial charge on any atom is -0.312 e. The first-order chi connectivity index (χ1) is 9.92. The van der Waals surface area contributed by atoms with Gasteiger partial charge in [-0.1, -0.05) is 20.8 Å². The smallest absolute Gasteiger partial charge is 0.257 e. The monoisotopic (exact) mass is 322 g/mol. The number of nitrogens with one attached hydrogen (secondary N) is 1. The van der Waals surface area contributed by atoms with E-state index in [0.717, 1.165) is 39.7 Å². The maximum atomic E-state index is 12.5. The fraction of sp³-hybridized carbons (Fsp3) is 0.500. The number of thiophene rings is 1. The van der Waals surface area contributed by atoms with Crippen LogP contribution in [0.15, 0.2) is 5.38 Å². The van der Waals surface area contributed by atoms with E-state index in [9.17, 15) is 4.79 Å². The second-order valence-corrected chi connectivity index (χ2v) is 7.89. The number of carbonyl (C=O) groups excluding carboxylic acids is 1. The number of amides is 1. The molecule has 0 aliphatic carbocycles. The highest BCUT2D eigenvalue weighted by molar-refractivity contribution is 7.16. The van der Waals surface area contributed by atoms with Gasteiger partial charge in [0.2, 0.25) is 0 Å². The van der Waals surface area contributed by atoms with Crippen molar-refractivity contribution in [3.63, 3.8) is 0 Å². The van der Waals surface area contributed by atoms with Gasteiger partial charge in [0.15, 0.2) is 0 Å². The molecule has 114 valence electrons. The summed E-state index contributed by atoms with van der Waals surface area (Å²) in [5.74, 6) is 0.515. The zero-order valence-corrected chi connectivity index (χ0v) is 14.9. The van der Waals surface area contributed by atoms with Crippen LogP contribution in [0.1, 0.15) is 52.3 Å². The lowest BCUT2D eigenvalue weighted by Gasteiger charge is -2.07. The Kier molecular flexibility index (Phi) is 5.17. The van der Waals surface area contributed by atoms with Crippen molar-refractivity contribution in [3.8, 4) is 0 Å². The van der Waals surface area contributed by atoms with Crippen LogP contribution in [0.25, 0.3) is 0 Å². The molecule has 2 heterocycles. The van der Waals surface area contributed by atoms with E-state index in [4.69, 9.17) is 0 Å². The van der Waals surface area contributed by atoms with Crippen molar-refractivity contribution in [2.24, 2.45) is 5.92 Å². The summed E-state index contributed by atoms with van der Waals surface area (Å²) in [4.78, 5) is 18.3. The molecule has 0 saturated carbocycles. The number of thiazole rings is 1. The van der Waals surface area contributed by atoms with Crippen LogP contribution in [0, 0.1) is 19.8 Å². The molecule has 0 bridgehead atoms. The van der Waals surface area contributed by atoms with Gasteiger partial charge in [0.05, 0.1) is 16.3 Å². The van der Waals surface area contributed by atoms with Gasteiger partial charge in [-0.15, -0.1) is 22.7 Å². The van der Waals surface area contributed by atoms with E-state index < -0.39 is 0 Å². The third-order valence-corrected chi connectivity index (χ3v) is 5.22. The average molecular weight is 322 g/mol. The SMILES string of the molecule is CCc1c(C(=O)Nc2sc(C)nc2CC(C)C)csc1C. The van der Waals surface area contributed by atoms with Gasteiger partial charge in [0, 0.05) is 10.3 Å².